The van der Waals surface area contributed by atoms with E-state index in [0.29, 0.717) is 28.7 Å². The van der Waals surface area contributed by atoms with Crippen molar-refractivity contribution < 1.29 is 31.5 Å². The van der Waals surface area contributed by atoms with Gasteiger partial charge in [0, 0.05) is 25.2 Å². The summed E-state index contributed by atoms with van der Waals surface area (Å²) in [7, 11) is 3.22. The van der Waals surface area contributed by atoms with E-state index in [9.17, 15) is 26.7 Å². The van der Waals surface area contributed by atoms with Crippen LogP contribution in [0.4, 0.5) is 33.3 Å². The summed E-state index contributed by atoms with van der Waals surface area (Å²) < 4.78 is 76.0. The molecule has 1 fully saturated rings. The quantitative estimate of drug-likeness (QED) is 0.210. The van der Waals surface area contributed by atoms with Gasteiger partial charge in [0.1, 0.15) is 17.7 Å². The van der Waals surface area contributed by atoms with Crippen LogP contribution in [0.2, 0.25) is 0 Å². The number of nitrogens with zero attached hydrogens (tertiary/aromatic N) is 1. The number of benzene rings is 2. The second-order valence-electron chi connectivity index (χ2n) is 10.5. The van der Waals surface area contributed by atoms with Gasteiger partial charge in [0.05, 0.1) is 52.6 Å². The first-order valence-corrected chi connectivity index (χ1v) is 14.3. The first-order chi connectivity index (χ1) is 19.9. The van der Waals surface area contributed by atoms with E-state index in [4.69, 9.17) is 4.74 Å². The summed E-state index contributed by atoms with van der Waals surface area (Å²) in [5, 5.41) is 9.17. The lowest BCUT2D eigenvalue weighted by Crippen LogP contribution is -2.46. The molecule has 42 heavy (non-hydrogen) atoms. The van der Waals surface area contributed by atoms with E-state index in [0.717, 1.165) is 17.4 Å². The fraction of sp³-hybridized carbons (Fsp3) is 0.433. The molecule has 226 valence electrons. The molecule has 2 heterocycles. The van der Waals surface area contributed by atoms with Crippen LogP contribution in [0.25, 0.3) is 10.1 Å². The molecule has 1 amide bonds. The highest BCUT2D eigenvalue weighted by Crippen LogP contribution is 2.39. The van der Waals surface area contributed by atoms with Crippen molar-refractivity contribution in [3.05, 3.63) is 52.2 Å². The van der Waals surface area contributed by atoms with Gasteiger partial charge in [-0.3, -0.25) is 4.79 Å². The average Bonchev–Trinajstić information content (AvgIpc) is 3.24. The Morgan fingerprint density at radius 3 is 2.67 bits per heavy atom. The number of amides is 1. The van der Waals surface area contributed by atoms with Gasteiger partial charge >= 0.3 is 6.18 Å². The number of methoxy groups -OCH3 is 1. The minimum Gasteiger partial charge on any atom is -0.495 e. The predicted molar refractivity (Wildman–Crippen MR) is 157 cm³/mol. The third kappa shape index (κ3) is 7.63. The largest absolute Gasteiger partial charge is 0.495 e. The second-order valence-corrected chi connectivity index (χ2v) is 11.5. The van der Waals surface area contributed by atoms with E-state index in [2.05, 4.69) is 27.8 Å². The standard InChI is InChI=1S/C30H33F5N4O2S/c1-17(2)37-29(40)19-13-26(41-4)25(14-21(19)31)36-11-6-9-27-20(15-30(33,34)35)18-7-5-8-24(28(18)42-27)38-23-10-12-39(3)16-22(23)32/h5,7-8,13-14,17,22-23,36,38H,10-12,15-16H2,1-4H3,(H,37,40). The van der Waals surface area contributed by atoms with Crippen LogP contribution in [-0.4, -0.2) is 69.0 Å². The smallest absolute Gasteiger partial charge is 0.393 e. The lowest BCUT2D eigenvalue weighted by molar-refractivity contribution is -0.126. The van der Waals surface area contributed by atoms with Crippen LogP contribution in [0.15, 0.2) is 30.3 Å². The molecule has 6 nitrogen and oxygen atoms in total. The number of hydrogen-bond donors (Lipinski definition) is 3. The Hall–Kier alpha value is -3.56. The molecule has 4 rings (SSSR count). The number of piperidine rings is 1. The van der Waals surface area contributed by atoms with Crippen molar-refractivity contribution >= 4 is 38.7 Å². The topological polar surface area (TPSA) is 65.6 Å². The van der Waals surface area contributed by atoms with Crippen LogP contribution in [0, 0.1) is 17.7 Å². The molecule has 0 bridgehead atoms. The van der Waals surface area contributed by atoms with Crippen molar-refractivity contribution in [1.82, 2.24) is 10.2 Å². The molecule has 1 aliphatic heterocycles. The van der Waals surface area contributed by atoms with Gasteiger partial charge in [-0.05, 0) is 50.4 Å². The number of fused-ring (bicyclic) bond motifs is 1. The zero-order valence-electron chi connectivity index (χ0n) is 23.7. The predicted octanol–water partition coefficient (Wildman–Crippen LogP) is 6.21. The number of carbonyl (C=O) groups excluding carboxylic acids is 1. The van der Waals surface area contributed by atoms with Crippen LogP contribution in [0.5, 0.6) is 5.75 Å². The van der Waals surface area contributed by atoms with E-state index in [-0.39, 0.29) is 46.6 Å². The number of nitrogens with one attached hydrogen (secondary N) is 3. The molecule has 12 heteroatoms. The molecule has 3 aromatic rings. The van der Waals surface area contributed by atoms with Gasteiger partial charge in [-0.2, -0.15) is 13.2 Å². The summed E-state index contributed by atoms with van der Waals surface area (Å²) >= 11 is 1.12. The minimum absolute atomic E-state index is 0.0305. The van der Waals surface area contributed by atoms with Gasteiger partial charge < -0.3 is 25.6 Å². The fourth-order valence-corrected chi connectivity index (χ4v) is 5.99. The normalized spacial score (nSPS) is 17.6. The highest BCUT2D eigenvalue weighted by molar-refractivity contribution is 7.20. The monoisotopic (exact) mass is 608 g/mol. The Morgan fingerprint density at radius 2 is 2.00 bits per heavy atom. The highest BCUT2D eigenvalue weighted by atomic mass is 32.1. The van der Waals surface area contributed by atoms with E-state index in [1.165, 1.54) is 13.2 Å². The Morgan fingerprint density at radius 1 is 1.24 bits per heavy atom. The molecule has 2 atom stereocenters. The molecule has 0 spiro atoms. The summed E-state index contributed by atoms with van der Waals surface area (Å²) in [5.41, 5.74) is 0.694. The lowest BCUT2D eigenvalue weighted by Gasteiger charge is -2.33. The maximum atomic E-state index is 14.7. The van der Waals surface area contributed by atoms with Crippen molar-refractivity contribution in [2.75, 3.05) is 44.4 Å². The van der Waals surface area contributed by atoms with Gasteiger partial charge in [-0.15, -0.1) is 11.3 Å². The first-order valence-electron chi connectivity index (χ1n) is 13.5. The van der Waals surface area contributed by atoms with Crippen LogP contribution in [0.1, 0.15) is 41.1 Å². The van der Waals surface area contributed by atoms with Crippen molar-refractivity contribution in [1.29, 1.82) is 0 Å². The van der Waals surface area contributed by atoms with E-state index in [1.807, 2.05) is 11.9 Å². The Kier molecular flexibility index (Phi) is 9.84. The SMILES string of the molecule is COc1cc(C(=O)NC(C)C)c(F)cc1NCC#Cc1sc2c(NC3CCN(C)CC3F)cccc2c1CC(F)(F)F. The summed E-state index contributed by atoms with van der Waals surface area (Å²) in [6.07, 6.45) is -6.16. The molecular formula is C30H33F5N4O2S. The number of hydrogen-bond acceptors (Lipinski definition) is 6. The average molecular weight is 609 g/mol. The van der Waals surface area contributed by atoms with Crippen molar-refractivity contribution in [2.24, 2.45) is 0 Å². The van der Waals surface area contributed by atoms with Gasteiger partial charge in [-0.25, -0.2) is 8.78 Å². The third-order valence-electron chi connectivity index (χ3n) is 6.80. The van der Waals surface area contributed by atoms with Crippen molar-refractivity contribution in [3.8, 4) is 17.6 Å². The van der Waals surface area contributed by atoms with Crippen LogP contribution in [-0.2, 0) is 6.42 Å². The van der Waals surface area contributed by atoms with E-state index >= 15 is 0 Å². The maximum absolute atomic E-state index is 14.7. The molecule has 2 aromatic carbocycles. The molecule has 1 aliphatic rings. The molecule has 1 saturated heterocycles. The zero-order chi connectivity index (χ0) is 30.6. The second kappa shape index (κ2) is 13.2. The van der Waals surface area contributed by atoms with Gasteiger partial charge in [0.25, 0.3) is 5.91 Å². The summed E-state index contributed by atoms with van der Waals surface area (Å²) in [4.78, 5) is 14.4. The number of likely N-dealkylation sites (tertiary alicyclic amines) is 1. The zero-order valence-corrected chi connectivity index (χ0v) is 24.5. The van der Waals surface area contributed by atoms with E-state index < -0.39 is 36.5 Å². The molecule has 0 aliphatic carbocycles. The molecule has 1 aromatic heterocycles. The number of rotatable bonds is 8. The highest BCUT2D eigenvalue weighted by Gasteiger charge is 2.32. The fourth-order valence-electron chi connectivity index (χ4n) is 4.82. The number of alkyl halides is 4. The van der Waals surface area contributed by atoms with Gasteiger partial charge in [-0.1, -0.05) is 24.0 Å². The third-order valence-corrected chi connectivity index (χ3v) is 8.00. The summed E-state index contributed by atoms with van der Waals surface area (Å²) in [6.45, 7) is 4.47. The molecule has 3 N–H and O–H groups in total. The van der Waals surface area contributed by atoms with Crippen molar-refractivity contribution in [2.45, 2.75) is 51.1 Å². The Bertz CT molecular complexity index is 1490. The summed E-state index contributed by atoms with van der Waals surface area (Å²) in [6, 6.07) is 6.77. The minimum atomic E-state index is -4.46. The number of thiophene rings is 1. The molecule has 2 unspecified atom stereocenters. The number of halogens is 5. The van der Waals surface area contributed by atoms with Crippen molar-refractivity contribution in [3.63, 3.8) is 0 Å². The number of ether oxygens (including phenoxy) is 1. The maximum Gasteiger partial charge on any atom is 0.393 e. The van der Waals surface area contributed by atoms with Crippen LogP contribution >= 0.6 is 11.3 Å². The lowest BCUT2D eigenvalue weighted by atomic mass is 10.0. The van der Waals surface area contributed by atoms with Crippen LogP contribution < -0.4 is 20.7 Å². The first kappa shape index (κ1) is 31.4. The van der Waals surface area contributed by atoms with E-state index in [1.54, 1.807) is 32.0 Å². The Balaban J connectivity index is 1.59. The number of carbonyl (C=O) groups is 1. The molecule has 0 radical (unpaired) electrons. The summed E-state index contributed by atoms with van der Waals surface area (Å²) in [5.74, 6) is 4.53. The molecule has 0 saturated carbocycles. The Labute approximate surface area is 245 Å². The van der Waals surface area contributed by atoms with Crippen LogP contribution in [0.3, 0.4) is 0 Å². The van der Waals surface area contributed by atoms with Gasteiger partial charge in [0.2, 0.25) is 0 Å². The van der Waals surface area contributed by atoms with Gasteiger partial charge in [0.15, 0.2) is 0 Å². The number of anilines is 2. The molecular weight excluding hydrogens is 575 g/mol.